The minimum atomic E-state index is -0.246. The maximum atomic E-state index is 13.6. The third-order valence-electron chi connectivity index (χ3n) is 6.24. The maximum absolute atomic E-state index is 13.6. The molecule has 5 heteroatoms. The van der Waals surface area contributed by atoms with Gasteiger partial charge in [-0.2, -0.15) is 0 Å². The molecule has 31 heavy (non-hydrogen) atoms. The Bertz CT molecular complexity index is 1130. The summed E-state index contributed by atoms with van der Waals surface area (Å²) in [5.74, 6) is 0.757. The molecule has 3 heterocycles. The Morgan fingerprint density at radius 3 is 2.26 bits per heavy atom. The van der Waals surface area contributed by atoms with Crippen LogP contribution in [0.3, 0.4) is 0 Å². The van der Waals surface area contributed by atoms with E-state index in [4.69, 9.17) is 4.98 Å². The minimum absolute atomic E-state index is 0.0767. The smallest absolute Gasteiger partial charge is 0.123 e. The summed E-state index contributed by atoms with van der Waals surface area (Å²) in [6.45, 7) is 1.92. The van der Waals surface area contributed by atoms with Gasteiger partial charge in [-0.1, -0.05) is 30.3 Å². The van der Waals surface area contributed by atoms with E-state index in [-0.39, 0.29) is 11.2 Å². The van der Waals surface area contributed by atoms with Gasteiger partial charge in [0.05, 0.1) is 11.4 Å². The molecule has 0 radical (unpaired) electrons. The van der Waals surface area contributed by atoms with Crippen molar-refractivity contribution in [3.8, 4) is 22.5 Å². The van der Waals surface area contributed by atoms with E-state index in [0.717, 1.165) is 60.7 Å². The van der Waals surface area contributed by atoms with Crippen LogP contribution in [0.15, 0.2) is 79.1 Å². The van der Waals surface area contributed by atoms with Gasteiger partial charge >= 0.3 is 0 Å². The summed E-state index contributed by atoms with van der Waals surface area (Å²) in [5.41, 5.74) is 4.97. The number of rotatable bonds is 5. The van der Waals surface area contributed by atoms with Gasteiger partial charge in [0.1, 0.15) is 11.6 Å². The molecule has 2 aromatic heterocycles. The Morgan fingerprint density at radius 2 is 1.55 bits per heavy atom. The molecular formula is C26H25FN4. The fraction of sp³-hybridized carbons (Fsp3) is 0.231. The van der Waals surface area contributed by atoms with Crippen molar-refractivity contribution in [2.75, 3.05) is 13.1 Å². The van der Waals surface area contributed by atoms with E-state index in [9.17, 15) is 4.39 Å². The Kier molecular flexibility index (Phi) is 5.35. The molecule has 0 atom stereocenters. The SMILES string of the molecule is Fc1ccc(-c2nc(C3(Cc4ccccc4)CCNCC3)[nH]c2-c2ccncc2)cc1. The van der Waals surface area contributed by atoms with E-state index >= 15 is 0 Å². The topological polar surface area (TPSA) is 53.6 Å². The van der Waals surface area contributed by atoms with E-state index in [1.165, 1.54) is 17.7 Å². The third kappa shape index (κ3) is 4.01. The van der Waals surface area contributed by atoms with E-state index in [0.29, 0.717) is 0 Å². The van der Waals surface area contributed by atoms with Crippen molar-refractivity contribution in [2.24, 2.45) is 0 Å². The highest BCUT2D eigenvalue weighted by molar-refractivity contribution is 5.78. The number of pyridine rings is 1. The molecule has 156 valence electrons. The second-order valence-corrected chi connectivity index (χ2v) is 8.24. The molecule has 4 aromatic rings. The van der Waals surface area contributed by atoms with Crippen LogP contribution in [0.4, 0.5) is 4.39 Å². The lowest BCUT2D eigenvalue weighted by Crippen LogP contribution is -2.42. The summed E-state index contributed by atoms with van der Waals surface area (Å²) in [7, 11) is 0. The molecule has 2 aromatic carbocycles. The summed E-state index contributed by atoms with van der Waals surface area (Å²) >= 11 is 0. The van der Waals surface area contributed by atoms with Crippen LogP contribution in [0, 0.1) is 5.82 Å². The van der Waals surface area contributed by atoms with Gasteiger partial charge in [-0.05, 0) is 74.3 Å². The van der Waals surface area contributed by atoms with Crippen molar-refractivity contribution in [1.29, 1.82) is 0 Å². The van der Waals surface area contributed by atoms with Gasteiger partial charge < -0.3 is 10.3 Å². The highest BCUT2D eigenvalue weighted by Crippen LogP contribution is 2.39. The van der Waals surface area contributed by atoms with Crippen LogP contribution < -0.4 is 5.32 Å². The van der Waals surface area contributed by atoms with Gasteiger partial charge in [0, 0.05) is 28.9 Å². The van der Waals surface area contributed by atoms with Crippen LogP contribution in [0.2, 0.25) is 0 Å². The molecule has 0 spiro atoms. The van der Waals surface area contributed by atoms with Gasteiger partial charge in [0.2, 0.25) is 0 Å². The van der Waals surface area contributed by atoms with Gasteiger partial charge in [-0.25, -0.2) is 9.37 Å². The Hall–Kier alpha value is -3.31. The van der Waals surface area contributed by atoms with Crippen molar-refractivity contribution < 1.29 is 4.39 Å². The molecule has 2 N–H and O–H groups in total. The Labute approximate surface area is 181 Å². The largest absolute Gasteiger partial charge is 0.341 e. The molecule has 0 aliphatic carbocycles. The number of nitrogens with one attached hydrogen (secondary N) is 2. The summed E-state index contributed by atoms with van der Waals surface area (Å²) in [6.07, 6.45) is 6.52. The van der Waals surface area contributed by atoms with Gasteiger partial charge in [-0.15, -0.1) is 0 Å². The molecule has 0 saturated carbocycles. The summed E-state index contributed by atoms with van der Waals surface area (Å²) in [4.78, 5) is 13.0. The fourth-order valence-electron chi connectivity index (χ4n) is 4.56. The van der Waals surface area contributed by atoms with E-state index < -0.39 is 0 Å². The number of H-pyrrole nitrogens is 1. The summed E-state index contributed by atoms with van der Waals surface area (Å²) < 4.78 is 13.6. The molecule has 5 rings (SSSR count). The number of piperidine rings is 1. The lowest BCUT2D eigenvalue weighted by Gasteiger charge is -2.36. The van der Waals surface area contributed by atoms with Crippen LogP contribution in [0.5, 0.6) is 0 Å². The van der Waals surface area contributed by atoms with Gasteiger partial charge in [0.15, 0.2) is 0 Å². The highest BCUT2D eigenvalue weighted by atomic mass is 19.1. The summed E-state index contributed by atoms with van der Waals surface area (Å²) in [6, 6.07) is 21.2. The zero-order valence-corrected chi connectivity index (χ0v) is 17.3. The summed E-state index contributed by atoms with van der Waals surface area (Å²) in [5, 5.41) is 3.49. The molecule has 4 nitrogen and oxygen atoms in total. The Morgan fingerprint density at radius 1 is 0.839 bits per heavy atom. The van der Waals surface area contributed by atoms with Crippen LogP contribution in [0.1, 0.15) is 24.2 Å². The third-order valence-corrected chi connectivity index (χ3v) is 6.24. The van der Waals surface area contributed by atoms with Gasteiger partial charge in [-0.3, -0.25) is 4.98 Å². The maximum Gasteiger partial charge on any atom is 0.123 e. The van der Waals surface area contributed by atoms with E-state index in [1.54, 1.807) is 24.5 Å². The monoisotopic (exact) mass is 412 g/mol. The number of benzene rings is 2. The first-order valence-corrected chi connectivity index (χ1v) is 10.7. The average molecular weight is 413 g/mol. The lowest BCUT2D eigenvalue weighted by molar-refractivity contribution is 0.291. The zero-order valence-electron chi connectivity index (χ0n) is 17.3. The number of hydrogen-bond donors (Lipinski definition) is 2. The van der Waals surface area contributed by atoms with E-state index in [1.807, 2.05) is 12.1 Å². The fourth-order valence-corrected chi connectivity index (χ4v) is 4.56. The second-order valence-electron chi connectivity index (χ2n) is 8.24. The predicted molar refractivity (Wildman–Crippen MR) is 121 cm³/mol. The van der Waals surface area contributed by atoms with Crippen molar-refractivity contribution in [2.45, 2.75) is 24.7 Å². The minimum Gasteiger partial charge on any atom is -0.341 e. The van der Waals surface area contributed by atoms with Crippen molar-refractivity contribution in [1.82, 2.24) is 20.3 Å². The normalized spacial score (nSPS) is 15.6. The van der Waals surface area contributed by atoms with Crippen LogP contribution >= 0.6 is 0 Å². The number of imidazole rings is 1. The van der Waals surface area contributed by atoms with Crippen molar-refractivity contribution in [3.05, 3.63) is 96.3 Å². The van der Waals surface area contributed by atoms with Crippen LogP contribution in [-0.2, 0) is 11.8 Å². The molecule has 1 fully saturated rings. The van der Waals surface area contributed by atoms with Crippen molar-refractivity contribution >= 4 is 0 Å². The predicted octanol–water partition coefficient (Wildman–Crippen LogP) is 5.14. The zero-order chi connectivity index (χ0) is 21.1. The average Bonchev–Trinajstić information content (AvgIpc) is 3.28. The van der Waals surface area contributed by atoms with Crippen molar-refractivity contribution in [3.63, 3.8) is 0 Å². The molecule has 1 aliphatic rings. The number of hydrogen-bond acceptors (Lipinski definition) is 3. The molecule has 0 bridgehead atoms. The quantitative estimate of drug-likeness (QED) is 0.477. The van der Waals surface area contributed by atoms with E-state index in [2.05, 4.69) is 45.6 Å². The first kappa shape index (κ1) is 19.6. The molecular weight excluding hydrogens is 387 g/mol. The van der Waals surface area contributed by atoms with Crippen LogP contribution in [0.25, 0.3) is 22.5 Å². The number of nitrogens with zero attached hydrogens (tertiary/aromatic N) is 2. The number of halogens is 1. The molecule has 0 unspecified atom stereocenters. The Balaban J connectivity index is 1.64. The first-order valence-electron chi connectivity index (χ1n) is 10.7. The number of aromatic amines is 1. The second kappa shape index (κ2) is 8.44. The molecule has 0 amide bonds. The van der Waals surface area contributed by atoms with Crippen LogP contribution in [-0.4, -0.2) is 28.0 Å². The highest BCUT2D eigenvalue weighted by Gasteiger charge is 2.37. The molecule has 1 aliphatic heterocycles. The molecule has 1 saturated heterocycles. The first-order chi connectivity index (χ1) is 15.2. The van der Waals surface area contributed by atoms with Gasteiger partial charge in [0.25, 0.3) is 0 Å². The standard InChI is InChI=1S/C26H25FN4/c27-22-8-6-20(7-9-22)23-24(21-10-14-28-15-11-21)31-25(30-23)26(12-16-29-17-13-26)18-19-4-2-1-3-5-19/h1-11,14-15,29H,12-13,16-18H2,(H,30,31). The lowest BCUT2D eigenvalue weighted by atomic mass is 9.73. The number of aromatic nitrogens is 3.